The lowest BCUT2D eigenvalue weighted by Gasteiger charge is -2.24. The molecule has 21 heavy (non-hydrogen) atoms. The number of hydrogen-bond acceptors (Lipinski definition) is 4. The summed E-state index contributed by atoms with van der Waals surface area (Å²) in [6.45, 7) is 0. The molecule has 1 aliphatic rings. The fraction of sp³-hybridized carbons (Fsp3) is 0.286. The normalized spacial score (nSPS) is 17.3. The predicted octanol–water partition coefficient (Wildman–Crippen LogP) is 4.94. The highest BCUT2D eigenvalue weighted by atomic mass is 35.5. The zero-order chi connectivity index (χ0) is 15.0. The van der Waals surface area contributed by atoms with E-state index in [-0.39, 0.29) is 22.4 Å². The lowest BCUT2D eigenvalue weighted by Crippen LogP contribution is -2.16. The Morgan fingerprint density at radius 1 is 1.48 bits per heavy atom. The molecule has 0 spiro atoms. The number of hydrogen-bond donors (Lipinski definition) is 1. The monoisotopic (exact) mass is 326 g/mol. The quantitative estimate of drug-likeness (QED) is 0.642. The van der Waals surface area contributed by atoms with Crippen LogP contribution in [0.25, 0.3) is 0 Å². The predicted molar refractivity (Wildman–Crippen MR) is 81.7 cm³/mol. The van der Waals surface area contributed by atoms with Crippen LogP contribution in [-0.4, -0.2) is 4.92 Å². The number of halogens is 2. The first kappa shape index (κ1) is 14.3. The van der Waals surface area contributed by atoms with Gasteiger partial charge >= 0.3 is 0 Å². The van der Waals surface area contributed by atoms with Crippen molar-refractivity contribution in [2.45, 2.75) is 25.3 Å². The van der Waals surface area contributed by atoms with Crippen LogP contribution in [0.3, 0.4) is 0 Å². The number of fused-ring (bicyclic) bond motifs is 1. The molecule has 0 saturated heterocycles. The summed E-state index contributed by atoms with van der Waals surface area (Å²) in [5, 5.41) is 16.1. The van der Waals surface area contributed by atoms with E-state index in [9.17, 15) is 14.5 Å². The van der Waals surface area contributed by atoms with Gasteiger partial charge in [0, 0.05) is 4.88 Å². The van der Waals surface area contributed by atoms with Gasteiger partial charge in [-0.25, -0.2) is 4.39 Å². The van der Waals surface area contributed by atoms with Crippen LogP contribution in [0.2, 0.25) is 5.02 Å². The van der Waals surface area contributed by atoms with E-state index in [1.807, 2.05) is 11.4 Å². The Morgan fingerprint density at radius 3 is 3.05 bits per heavy atom. The van der Waals surface area contributed by atoms with Crippen LogP contribution in [0.5, 0.6) is 0 Å². The number of nitrogens with zero attached hydrogens (tertiary/aromatic N) is 1. The van der Waals surface area contributed by atoms with Gasteiger partial charge in [-0.15, -0.1) is 11.3 Å². The summed E-state index contributed by atoms with van der Waals surface area (Å²) in [6, 6.07) is 4.19. The van der Waals surface area contributed by atoms with Crippen LogP contribution >= 0.6 is 22.9 Å². The Kier molecular flexibility index (Phi) is 3.82. The minimum atomic E-state index is -0.784. The second-order valence-electron chi connectivity index (χ2n) is 4.93. The number of thiophene rings is 1. The van der Waals surface area contributed by atoms with E-state index in [1.165, 1.54) is 16.5 Å². The Balaban J connectivity index is 1.96. The molecule has 3 rings (SSSR count). The summed E-state index contributed by atoms with van der Waals surface area (Å²) in [7, 11) is 0. The van der Waals surface area contributed by atoms with Crippen LogP contribution in [0.1, 0.15) is 29.3 Å². The molecule has 0 radical (unpaired) electrons. The Labute approximate surface area is 129 Å². The Morgan fingerprint density at radius 2 is 2.29 bits per heavy atom. The van der Waals surface area contributed by atoms with Crippen molar-refractivity contribution in [3.8, 4) is 0 Å². The molecule has 0 amide bonds. The minimum Gasteiger partial charge on any atom is -0.373 e. The number of rotatable bonds is 3. The molecule has 0 fully saturated rings. The minimum absolute atomic E-state index is 0.000211. The first-order valence-corrected chi connectivity index (χ1v) is 7.78. The average Bonchev–Trinajstić information content (AvgIpc) is 2.91. The third-order valence-electron chi connectivity index (χ3n) is 3.62. The summed E-state index contributed by atoms with van der Waals surface area (Å²) in [5.41, 5.74) is 1.13. The van der Waals surface area contributed by atoms with Crippen LogP contribution in [-0.2, 0) is 6.42 Å². The molecule has 0 bridgehead atoms. The van der Waals surface area contributed by atoms with Crippen molar-refractivity contribution in [1.29, 1.82) is 0 Å². The van der Waals surface area contributed by atoms with E-state index in [0.717, 1.165) is 25.3 Å². The highest BCUT2D eigenvalue weighted by molar-refractivity contribution is 7.10. The van der Waals surface area contributed by atoms with Crippen molar-refractivity contribution in [3.63, 3.8) is 0 Å². The standard InChI is InChI=1S/C14H12ClFN2O2S/c15-9-6-12(13(18(19)20)7-10(9)16)17-11-2-1-3-14-8(11)4-5-21-14/h4-7,11,17H,1-3H2. The molecular formula is C14H12ClFN2O2S. The van der Waals surface area contributed by atoms with E-state index < -0.39 is 10.7 Å². The Hall–Kier alpha value is -1.66. The number of nitrogens with one attached hydrogen (secondary N) is 1. The summed E-state index contributed by atoms with van der Waals surface area (Å²) in [4.78, 5) is 11.8. The SMILES string of the molecule is O=[N+]([O-])c1cc(F)c(Cl)cc1NC1CCCc2sccc21. The average molecular weight is 327 g/mol. The van der Waals surface area contributed by atoms with Gasteiger partial charge in [0.05, 0.1) is 22.1 Å². The second-order valence-corrected chi connectivity index (χ2v) is 6.34. The maximum absolute atomic E-state index is 13.4. The summed E-state index contributed by atoms with van der Waals surface area (Å²) in [5.74, 6) is -0.784. The molecule has 110 valence electrons. The molecule has 7 heteroatoms. The van der Waals surface area contributed by atoms with E-state index in [0.29, 0.717) is 0 Å². The van der Waals surface area contributed by atoms with Gasteiger partial charge in [0.1, 0.15) is 11.5 Å². The van der Waals surface area contributed by atoms with Gasteiger partial charge in [0.25, 0.3) is 5.69 Å². The first-order chi connectivity index (χ1) is 10.1. The largest absolute Gasteiger partial charge is 0.373 e. The highest BCUT2D eigenvalue weighted by Gasteiger charge is 2.25. The topological polar surface area (TPSA) is 55.2 Å². The second kappa shape index (κ2) is 5.61. The number of aryl methyl sites for hydroxylation is 1. The number of benzene rings is 1. The molecule has 1 aliphatic carbocycles. The van der Waals surface area contributed by atoms with Crippen molar-refractivity contribution in [2.75, 3.05) is 5.32 Å². The van der Waals surface area contributed by atoms with Gasteiger partial charge in [-0.2, -0.15) is 0 Å². The molecule has 1 unspecified atom stereocenters. The molecular weight excluding hydrogens is 315 g/mol. The zero-order valence-corrected chi connectivity index (χ0v) is 12.5. The van der Waals surface area contributed by atoms with Crippen molar-refractivity contribution in [2.24, 2.45) is 0 Å². The van der Waals surface area contributed by atoms with Crippen LogP contribution in [0, 0.1) is 15.9 Å². The van der Waals surface area contributed by atoms with Gasteiger partial charge < -0.3 is 5.32 Å². The third-order valence-corrected chi connectivity index (χ3v) is 4.90. The molecule has 2 aromatic rings. The number of nitro groups is 1. The van der Waals surface area contributed by atoms with Gasteiger partial charge in [-0.05, 0) is 42.3 Å². The molecule has 1 atom stereocenters. The lowest BCUT2D eigenvalue weighted by atomic mass is 9.94. The summed E-state index contributed by atoms with van der Waals surface area (Å²) >= 11 is 7.45. The molecule has 4 nitrogen and oxygen atoms in total. The highest BCUT2D eigenvalue weighted by Crippen LogP contribution is 2.38. The van der Waals surface area contributed by atoms with E-state index in [4.69, 9.17) is 11.6 Å². The maximum Gasteiger partial charge on any atom is 0.295 e. The van der Waals surface area contributed by atoms with Crippen molar-refractivity contribution >= 4 is 34.3 Å². The lowest BCUT2D eigenvalue weighted by molar-refractivity contribution is -0.384. The molecule has 1 N–H and O–H groups in total. The van der Waals surface area contributed by atoms with Crippen LogP contribution in [0.15, 0.2) is 23.6 Å². The van der Waals surface area contributed by atoms with E-state index in [1.54, 1.807) is 11.3 Å². The third kappa shape index (κ3) is 2.73. The molecule has 1 aromatic heterocycles. The smallest absolute Gasteiger partial charge is 0.295 e. The fourth-order valence-corrected chi connectivity index (χ4v) is 3.78. The van der Waals surface area contributed by atoms with Gasteiger partial charge in [0.15, 0.2) is 0 Å². The van der Waals surface area contributed by atoms with Gasteiger partial charge in [-0.3, -0.25) is 10.1 Å². The fourth-order valence-electron chi connectivity index (χ4n) is 2.63. The molecule has 0 aliphatic heterocycles. The van der Waals surface area contributed by atoms with Crippen molar-refractivity contribution in [1.82, 2.24) is 0 Å². The zero-order valence-electron chi connectivity index (χ0n) is 10.9. The van der Waals surface area contributed by atoms with E-state index in [2.05, 4.69) is 5.32 Å². The van der Waals surface area contributed by atoms with Crippen molar-refractivity contribution in [3.05, 3.63) is 55.0 Å². The van der Waals surface area contributed by atoms with Gasteiger partial charge in [0.2, 0.25) is 0 Å². The number of nitro benzene ring substituents is 1. The molecule has 1 heterocycles. The Bertz CT molecular complexity index is 704. The van der Waals surface area contributed by atoms with Crippen LogP contribution < -0.4 is 5.32 Å². The maximum atomic E-state index is 13.4. The van der Waals surface area contributed by atoms with Crippen molar-refractivity contribution < 1.29 is 9.31 Å². The van der Waals surface area contributed by atoms with Gasteiger partial charge in [-0.1, -0.05) is 11.6 Å². The number of anilines is 1. The molecule has 1 aromatic carbocycles. The van der Waals surface area contributed by atoms with Crippen LogP contribution in [0.4, 0.5) is 15.8 Å². The van der Waals surface area contributed by atoms with E-state index >= 15 is 0 Å². The summed E-state index contributed by atoms with van der Waals surface area (Å²) in [6.07, 6.45) is 2.95. The molecule has 0 saturated carbocycles. The first-order valence-electron chi connectivity index (χ1n) is 6.52. The summed E-state index contributed by atoms with van der Waals surface area (Å²) < 4.78 is 13.4.